The van der Waals surface area contributed by atoms with Crippen LogP contribution in [-0.4, -0.2) is 56.0 Å². The minimum atomic E-state index is 0.0867. The monoisotopic (exact) mass is 280 g/mol. The van der Waals surface area contributed by atoms with Crippen LogP contribution in [0.5, 0.6) is 0 Å². The summed E-state index contributed by atoms with van der Waals surface area (Å²) in [5, 5.41) is 3.34. The van der Waals surface area contributed by atoms with E-state index in [2.05, 4.69) is 27.1 Å². The maximum atomic E-state index is 5.45. The van der Waals surface area contributed by atoms with E-state index < -0.39 is 0 Å². The van der Waals surface area contributed by atoms with Crippen LogP contribution in [0, 0.1) is 0 Å². The molecule has 0 radical (unpaired) electrons. The lowest BCUT2D eigenvalue weighted by Crippen LogP contribution is -2.27. The Kier molecular flexibility index (Phi) is 5.70. The molecule has 0 saturated carbocycles. The number of ether oxygens (including phenoxy) is 2. The fraction of sp³-hybridized carbons (Fsp3) is 0.714. The predicted octanol–water partition coefficient (Wildman–Crippen LogP) is 0.826. The van der Waals surface area contributed by atoms with Gasteiger partial charge in [-0.15, -0.1) is 0 Å². The molecule has 0 amide bonds. The number of nitrogens with one attached hydrogen (secondary N) is 1. The van der Waals surface area contributed by atoms with Gasteiger partial charge >= 0.3 is 0 Å². The predicted molar refractivity (Wildman–Crippen MR) is 77.8 cm³/mol. The van der Waals surface area contributed by atoms with E-state index in [1.165, 1.54) is 0 Å². The maximum absolute atomic E-state index is 5.45. The number of hydrogen-bond donors (Lipinski definition) is 1. The second-order valence-electron chi connectivity index (χ2n) is 5.00. The Balaban J connectivity index is 2.00. The summed E-state index contributed by atoms with van der Waals surface area (Å²) in [6.45, 7) is 5.47. The Hall–Kier alpha value is -1.24. The molecule has 0 bridgehead atoms. The summed E-state index contributed by atoms with van der Waals surface area (Å²) in [7, 11) is 3.44. The Morgan fingerprint density at radius 1 is 1.25 bits per heavy atom. The summed E-state index contributed by atoms with van der Waals surface area (Å²) >= 11 is 0. The second kappa shape index (κ2) is 7.52. The van der Waals surface area contributed by atoms with Crippen LogP contribution in [0.4, 0.5) is 5.82 Å². The van der Waals surface area contributed by atoms with Gasteiger partial charge in [-0.05, 0) is 13.0 Å². The molecule has 6 heteroatoms. The lowest BCUT2D eigenvalue weighted by atomic mass is 10.3. The van der Waals surface area contributed by atoms with Crippen molar-refractivity contribution in [2.24, 2.45) is 0 Å². The first-order valence-corrected chi connectivity index (χ1v) is 7.10. The van der Waals surface area contributed by atoms with Crippen LogP contribution in [0.1, 0.15) is 19.0 Å². The van der Waals surface area contributed by atoms with Gasteiger partial charge in [-0.2, -0.15) is 0 Å². The SMILES string of the molecule is CCCNCc1cncc(N2CC(OC)C(OC)C2)n1. The third-order valence-corrected chi connectivity index (χ3v) is 3.55. The number of nitrogens with zero attached hydrogens (tertiary/aromatic N) is 3. The standard InChI is InChI=1S/C14H24N4O2/c1-4-5-15-6-11-7-16-8-14(17-11)18-9-12(19-2)13(10-18)20-3/h7-8,12-13,15H,4-6,9-10H2,1-3H3. The quantitative estimate of drug-likeness (QED) is 0.747. The zero-order valence-corrected chi connectivity index (χ0v) is 12.5. The highest BCUT2D eigenvalue weighted by molar-refractivity contribution is 5.39. The first kappa shape index (κ1) is 15.2. The van der Waals surface area contributed by atoms with E-state index in [0.29, 0.717) is 0 Å². The zero-order valence-electron chi connectivity index (χ0n) is 12.5. The molecule has 0 aliphatic carbocycles. The molecule has 112 valence electrons. The van der Waals surface area contributed by atoms with Crippen molar-refractivity contribution in [2.75, 3.05) is 38.8 Å². The van der Waals surface area contributed by atoms with Crippen LogP contribution in [0.15, 0.2) is 12.4 Å². The van der Waals surface area contributed by atoms with E-state index in [0.717, 1.165) is 44.1 Å². The molecule has 1 aromatic heterocycles. The fourth-order valence-electron chi connectivity index (χ4n) is 2.41. The van der Waals surface area contributed by atoms with E-state index in [9.17, 15) is 0 Å². The van der Waals surface area contributed by atoms with E-state index in [4.69, 9.17) is 9.47 Å². The molecule has 1 aromatic rings. The molecule has 1 aliphatic rings. The minimum absolute atomic E-state index is 0.0867. The van der Waals surface area contributed by atoms with Crippen LogP contribution in [0.25, 0.3) is 0 Å². The highest BCUT2D eigenvalue weighted by atomic mass is 16.5. The van der Waals surface area contributed by atoms with Gasteiger partial charge in [0.25, 0.3) is 0 Å². The normalized spacial score (nSPS) is 22.4. The number of anilines is 1. The van der Waals surface area contributed by atoms with Gasteiger partial charge in [0, 0.05) is 40.1 Å². The van der Waals surface area contributed by atoms with E-state index in [1.807, 2.05) is 6.20 Å². The molecule has 1 fully saturated rings. The van der Waals surface area contributed by atoms with E-state index >= 15 is 0 Å². The van der Waals surface area contributed by atoms with Gasteiger partial charge < -0.3 is 19.7 Å². The largest absolute Gasteiger partial charge is 0.377 e. The summed E-state index contributed by atoms with van der Waals surface area (Å²) in [6, 6.07) is 0. The summed E-state index contributed by atoms with van der Waals surface area (Å²) in [5.74, 6) is 0.891. The van der Waals surface area contributed by atoms with Gasteiger partial charge in [-0.3, -0.25) is 4.98 Å². The van der Waals surface area contributed by atoms with Crippen LogP contribution >= 0.6 is 0 Å². The van der Waals surface area contributed by atoms with Crippen LogP contribution in [0.3, 0.4) is 0 Å². The van der Waals surface area contributed by atoms with Crippen molar-refractivity contribution in [1.82, 2.24) is 15.3 Å². The van der Waals surface area contributed by atoms with Crippen molar-refractivity contribution in [3.8, 4) is 0 Å². The minimum Gasteiger partial charge on any atom is -0.377 e. The second-order valence-corrected chi connectivity index (χ2v) is 5.00. The first-order chi connectivity index (χ1) is 9.78. The van der Waals surface area contributed by atoms with Gasteiger partial charge in [-0.25, -0.2) is 4.98 Å². The van der Waals surface area contributed by atoms with E-state index in [-0.39, 0.29) is 12.2 Å². The van der Waals surface area contributed by atoms with Crippen molar-refractivity contribution in [3.63, 3.8) is 0 Å². The molecule has 1 saturated heterocycles. The summed E-state index contributed by atoms with van der Waals surface area (Å²) in [4.78, 5) is 11.1. The lowest BCUT2D eigenvalue weighted by Gasteiger charge is -2.17. The molecule has 1 aliphatic heterocycles. The van der Waals surface area contributed by atoms with Crippen LogP contribution < -0.4 is 10.2 Å². The molecule has 20 heavy (non-hydrogen) atoms. The first-order valence-electron chi connectivity index (χ1n) is 7.10. The Morgan fingerprint density at radius 3 is 2.55 bits per heavy atom. The summed E-state index contributed by atoms with van der Waals surface area (Å²) in [5.41, 5.74) is 0.964. The summed E-state index contributed by atoms with van der Waals surface area (Å²) < 4.78 is 10.9. The highest BCUT2D eigenvalue weighted by Crippen LogP contribution is 2.21. The Morgan fingerprint density at radius 2 is 1.95 bits per heavy atom. The number of methoxy groups -OCH3 is 2. The molecule has 2 unspecified atom stereocenters. The fourth-order valence-corrected chi connectivity index (χ4v) is 2.41. The number of rotatable bonds is 7. The van der Waals surface area contributed by atoms with Gasteiger partial charge in [0.1, 0.15) is 18.0 Å². The molecular weight excluding hydrogens is 256 g/mol. The Bertz CT molecular complexity index is 404. The zero-order chi connectivity index (χ0) is 14.4. The van der Waals surface area contributed by atoms with Crippen molar-refractivity contribution >= 4 is 5.82 Å². The third kappa shape index (κ3) is 3.65. The lowest BCUT2D eigenvalue weighted by molar-refractivity contribution is -0.00461. The van der Waals surface area contributed by atoms with Crippen LogP contribution in [0.2, 0.25) is 0 Å². The third-order valence-electron chi connectivity index (χ3n) is 3.55. The topological polar surface area (TPSA) is 59.5 Å². The highest BCUT2D eigenvalue weighted by Gasteiger charge is 2.33. The van der Waals surface area contributed by atoms with E-state index in [1.54, 1.807) is 20.4 Å². The average Bonchev–Trinajstić information content (AvgIpc) is 2.91. The van der Waals surface area contributed by atoms with Crippen molar-refractivity contribution in [3.05, 3.63) is 18.1 Å². The molecule has 2 atom stereocenters. The average molecular weight is 280 g/mol. The Labute approximate surface area is 120 Å². The van der Waals surface area contributed by atoms with Gasteiger partial charge in [0.15, 0.2) is 0 Å². The molecule has 2 rings (SSSR count). The van der Waals surface area contributed by atoms with Crippen LogP contribution in [-0.2, 0) is 16.0 Å². The van der Waals surface area contributed by atoms with Gasteiger partial charge in [0.05, 0.1) is 11.9 Å². The molecule has 0 aromatic carbocycles. The van der Waals surface area contributed by atoms with Gasteiger partial charge in [0.2, 0.25) is 0 Å². The molecule has 6 nitrogen and oxygen atoms in total. The molecule has 2 heterocycles. The van der Waals surface area contributed by atoms with Crippen molar-refractivity contribution in [2.45, 2.75) is 32.1 Å². The maximum Gasteiger partial charge on any atom is 0.147 e. The summed E-state index contributed by atoms with van der Waals surface area (Å²) in [6.07, 6.45) is 4.90. The molecule has 1 N–H and O–H groups in total. The molecular formula is C14H24N4O2. The smallest absolute Gasteiger partial charge is 0.147 e. The van der Waals surface area contributed by atoms with Crippen molar-refractivity contribution in [1.29, 1.82) is 0 Å². The van der Waals surface area contributed by atoms with Gasteiger partial charge in [-0.1, -0.05) is 6.92 Å². The number of hydrogen-bond acceptors (Lipinski definition) is 6. The number of aromatic nitrogens is 2. The molecule has 0 spiro atoms. The van der Waals surface area contributed by atoms with Crippen molar-refractivity contribution < 1.29 is 9.47 Å².